The summed E-state index contributed by atoms with van der Waals surface area (Å²) < 4.78 is 91.3. The van der Waals surface area contributed by atoms with Gasteiger partial charge in [0, 0.05) is 37.6 Å². The van der Waals surface area contributed by atoms with E-state index in [9.17, 15) is 30.8 Å². The first-order valence-corrected chi connectivity index (χ1v) is 18.0. The van der Waals surface area contributed by atoms with Gasteiger partial charge >= 0.3 is 0 Å². The maximum Gasteiger partial charge on any atom is 0.268 e. The van der Waals surface area contributed by atoms with Crippen LogP contribution in [0.15, 0.2) is 41.2 Å². The molecular weight excluding hydrogens is 702 g/mol. The Morgan fingerprint density at radius 3 is 2.42 bits per heavy atom. The lowest BCUT2D eigenvalue weighted by Gasteiger charge is -2.28. The highest BCUT2D eigenvalue weighted by molar-refractivity contribution is 7.92. The second kappa shape index (κ2) is 13.5. The van der Waals surface area contributed by atoms with Gasteiger partial charge in [0.1, 0.15) is 17.5 Å². The van der Waals surface area contributed by atoms with Crippen LogP contribution in [0.2, 0.25) is 5.02 Å². The number of pyridine rings is 1. The van der Waals surface area contributed by atoms with Crippen molar-refractivity contribution in [3.8, 4) is 5.69 Å². The van der Waals surface area contributed by atoms with Crippen molar-refractivity contribution in [2.75, 3.05) is 24.7 Å². The zero-order valence-electron chi connectivity index (χ0n) is 27.3. The number of rotatable bonds is 10. The second-order valence-corrected chi connectivity index (χ2v) is 14.8. The number of halogens is 5. The van der Waals surface area contributed by atoms with Crippen LogP contribution >= 0.6 is 11.6 Å². The summed E-state index contributed by atoms with van der Waals surface area (Å²) in [4.78, 5) is 24.2. The molecule has 11 nitrogen and oxygen atoms in total. The predicted octanol–water partition coefficient (Wildman–Crippen LogP) is 5.92. The lowest BCUT2D eigenvalue weighted by Crippen LogP contribution is -2.31. The van der Waals surface area contributed by atoms with E-state index in [1.54, 1.807) is 13.0 Å². The Hall–Kier alpha value is -4.12. The Morgan fingerprint density at radius 2 is 1.78 bits per heavy atom. The van der Waals surface area contributed by atoms with Gasteiger partial charge in [0.25, 0.3) is 5.56 Å². The van der Waals surface area contributed by atoms with Crippen molar-refractivity contribution in [2.24, 2.45) is 5.73 Å². The molecule has 1 aliphatic carbocycles. The fourth-order valence-electron chi connectivity index (χ4n) is 6.53. The largest absolute Gasteiger partial charge is 0.383 e. The number of ether oxygens (including phenoxy) is 1. The number of nitrogens with two attached hydrogens (primary N) is 1. The van der Waals surface area contributed by atoms with E-state index < -0.39 is 39.2 Å². The minimum Gasteiger partial charge on any atom is -0.383 e. The summed E-state index contributed by atoms with van der Waals surface area (Å²) >= 11 is 6.63. The van der Waals surface area contributed by atoms with Crippen molar-refractivity contribution in [1.29, 1.82) is 0 Å². The maximum atomic E-state index is 14.7. The smallest absolute Gasteiger partial charge is 0.268 e. The number of aryl methyl sites for hydroxylation is 1. The zero-order valence-corrected chi connectivity index (χ0v) is 28.9. The lowest BCUT2D eigenvalue weighted by molar-refractivity contribution is -0.0384. The number of nitrogens with one attached hydrogen (secondary N) is 1. The van der Waals surface area contributed by atoms with Crippen LogP contribution in [0.4, 0.5) is 23.4 Å². The van der Waals surface area contributed by atoms with Crippen molar-refractivity contribution in [1.82, 2.24) is 24.3 Å². The van der Waals surface area contributed by atoms with Gasteiger partial charge in [-0.2, -0.15) is 5.10 Å². The molecule has 1 aliphatic rings. The average Bonchev–Trinajstić information content (AvgIpc) is 3.36. The molecule has 0 bridgehead atoms. The third-order valence-corrected chi connectivity index (χ3v) is 9.66. The van der Waals surface area contributed by atoms with Crippen molar-refractivity contribution >= 4 is 49.4 Å². The number of hydrogen-bond donors (Lipinski definition) is 2. The van der Waals surface area contributed by atoms with Crippen molar-refractivity contribution in [2.45, 2.75) is 63.5 Å². The second-order valence-electron chi connectivity index (χ2n) is 12.6. The van der Waals surface area contributed by atoms with Gasteiger partial charge in [-0.05, 0) is 67.6 Å². The highest BCUT2D eigenvalue weighted by atomic mass is 35.5. The number of anilines is 1. The summed E-state index contributed by atoms with van der Waals surface area (Å²) in [6.45, 7) is 1.97. The summed E-state index contributed by atoms with van der Waals surface area (Å²) in [5, 5.41) is 4.89. The molecule has 2 aromatic carbocycles. The number of fused-ring (bicyclic) bond motifs is 2. The summed E-state index contributed by atoms with van der Waals surface area (Å²) in [5.41, 5.74) is 7.80. The zero-order chi connectivity index (χ0) is 36.1. The first-order chi connectivity index (χ1) is 23.5. The highest BCUT2D eigenvalue weighted by Crippen LogP contribution is 2.41. The van der Waals surface area contributed by atoms with Gasteiger partial charge in [0.05, 0.1) is 52.4 Å². The van der Waals surface area contributed by atoms with E-state index in [-0.39, 0.29) is 101 Å². The molecule has 5 aromatic rings. The molecule has 6 rings (SSSR count). The molecule has 0 unspecified atom stereocenters. The van der Waals surface area contributed by atoms with E-state index in [0.29, 0.717) is 11.3 Å². The molecule has 50 heavy (non-hydrogen) atoms. The van der Waals surface area contributed by atoms with Crippen LogP contribution in [-0.2, 0) is 27.7 Å². The van der Waals surface area contributed by atoms with Crippen LogP contribution in [0.25, 0.3) is 27.6 Å². The van der Waals surface area contributed by atoms with E-state index in [2.05, 4.69) is 14.8 Å². The Balaban J connectivity index is 1.63. The minimum absolute atomic E-state index is 0.0342. The molecule has 1 atom stereocenters. The normalized spacial score (nSPS) is 15.9. The molecule has 0 saturated heterocycles. The Morgan fingerprint density at radius 1 is 1.10 bits per heavy atom. The molecule has 0 radical (unpaired) electrons. The van der Waals surface area contributed by atoms with Gasteiger partial charge in [-0.25, -0.2) is 35.9 Å². The lowest BCUT2D eigenvalue weighted by atomic mass is 9.84. The highest BCUT2D eigenvalue weighted by Gasteiger charge is 2.36. The number of nitrogens with zero attached hydrogens (tertiary/aromatic N) is 5. The third-order valence-electron chi connectivity index (χ3n) is 8.78. The van der Waals surface area contributed by atoms with Crippen LogP contribution in [0.3, 0.4) is 0 Å². The van der Waals surface area contributed by atoms with Gasteiger partial charge in [-0.1, -0.05) is 11.6 Å². The number of methoxy groups -OCH3 is 1. The molecule has 0 aliphatic heterocycles. The number of hydrogen-bond acceptors (Lipinski definition) is 8. The summed E-state index contributed by atoms with van der Waals surface area (Å²) in [6.07, 6.45) is 0.646. The first kappa shape index (κ1) is 35.7. The average molecular weight is 736 g/mol. The number of sulfonamides is 1. The molecule has 266 valence electrons. The van der Waals surface area contributed by atoms with Gasteiger partial charge in [0.2, 0.25) is 15.9 Å². The molecule has 1 fully saturated rings. The fraction of sp³-hybridized carbons (Fsp3) is 0.394. The van der Waals surface area contributed by atoms with Crippen LogP contribution in [0.5, 0.6) is 0 Å². The maximum absolute atomic E-state index is 14.7. The van der Waals surface area contributed by atoms with Gasteiger partial charge in [-0.15, -0.1) is 0 Å². The van der Waals surface area contributed by atoms with E-state index >= 15 is 0 Å². The number of alkyl halides is 2. The van der Waals surface area contributed by atoms with Crippen LogP contribution in [0.1, 0.15) is 60.3 Å². The molecule has 3 aromatic heterocycles. The topological polar surface area (TPSA) is 147 Å². The Bertz CT molecular complexity index is 2270. The van der Waals surface area contributed by atoms with E-state index in [0.717, 1.165) is 24.5 Å². The SMILES string of the molecule is COCCn1nc(NS(C)(=O)=O)c2c(Cl)ccc(-n3c([C@@H](N)Cc4cc(F)cc(F)c4)nc4nc(C5CCC(F)(F)CC5)cc(C)c4c3=O)c21. The van der Waals surface area contributed by atoms with Crippen molar-refractivity contribution in [3.63, 3.8) is 0 Å². The van der Waals surface area contributed by atoms with Crippen LogP contribution < -0.4 is 16.0 Å². The Labute approximate surface area is 289 Å². The Kier molecular flexibility index (Phi) is 9.67. The monoisotopic (exact) mass is 735 g/mol. The molecule has 1 saturated carbocycles. The van der Waals surface area contributed by atoms with Gasteiger partial charge < -0.3 is 10.5 Å². The molecule has 17 heteroatoms. The molecule has 0 amide bonds. The number of benzene rings is 2. The quantitative estimate of drug-likeness (QED) is 0.168. The van der Waals surface area contributed by atoms with Crippen molar-refractivity contribution in [3.05, 3.63) is 86.1 Å². The van der Waals surface area contributed by atoms with E-state index in [4.69, 9.17) is 27.1 Å². The molecule has 3 N–H and O–H groups in total. The fourth-order valence-corrected chi connectivity index (χ4v) is 7.27. The van der Waals surface area contributed by atoms with E-state index in [1.165, 1.54) is 28.5 Å². The summed E-state index contributed by atoms with van der Waals surface area (Å²) in [7, 11) is -2.35. The molecule has 0 spiro atoms. The third kappa shape index (κ3) is 7.20. The summed E-state index contributed by atoms with van der Waals surface area (Å²) in [6, 6.07) is 6.53. The van der Waals surface area contributed by atoms with Gasteiger partial charge in [-0.3, -0.25) is 18.8 Å². The molecular formula is C33H34ClF4N7O4S. The van der Waals surface area contributed by atoms with Crippen molar-refractivity contribution < 1.29 is 30.7 Å². The van der Waals surface area contributed by atoms with Crippen LogP contribution in [0, 0.1) is 18.6 Å². The number of aromatic nitrogens is 5. The van der Waals surface area contributed by atoms with Crippen LogP contribution in [-0.4, -0.2) is 58.6 Å². The van der Waals surface area contributed by atoms with Gasteiger partial charge in [0.15, 0.2) is 11.5 Å². The minimum atomic E-state index is -3.82. The van der Waals surface area contributed by atoms with E-state index in [1.807, 2.05) is 0 Å². The summed E-state index contributed by atoms with van der Waals surface area (Å²) in [5.74, 6) is -4.78. The predicted molar refractivity (Wildman–Crippen MR) is 182 cm³/mol. The first-order valence-electron chi connectivity index (χ1n) is 15.7. The standard InChI is InChI=1S/C33H34ClF4N7O4S/c1-17-12-24(19-6-8-33(37,38)9-7-19)40-29-26(17)32(46)45(31(41-29)23(39)15-18-13-20(35)16-21(36)14-18)25-5-4-22(34)27-28(25)44(10-11-49-2)42-30(27)43-50(3,47)48/h4-5,12-14,16,19,23H,6-11,15,39H2,1-3H3,(H,42,43)/t23-/m0/s1. The molecule has 3 heterocycles.